The molecule has 1 heterocycles. The first-order chi connectivity index (χ1) is 10.4. The van der Waals surface area contributed by atoms with Crippen LogP contribution < -0.4 is 5.63 Å². The molecule has 1 aromatic heterocycles. The molecule has 0 fully saturated rings. The second-order valence-corrected chi connectivity index (χ2v) is 8.92. The van der Waals surface area contributed by atoms with Gasteiger partial charge in [-0.05, 0) is 34.8 Å². The first-order valence-corrected chi connectivity index (χ1v) is 8.38. The monoisotopic (exact) mass is 315 g/mol. The Morgan fingerprint density at radius 1 is 1.04 bits per heavy atom. The van der Waals surface area contributed by atoms with Crippen molar-refractivity contribution < 1.29 is 4.42 Å². The molecule has 0 spiro atoms. The van der Waals surface area contributed by atoms with Crippen molar-refractivity contribution in [2.24, 2.45) is 5.92 Å². The van der Waals surface area contributed by atoms with E-state index in [4.69, 9.17) is 4.42 Å². The molecule has 0 N–H and O–H groups in total. The molecule has 2 rings (SSSR count). The lowest BCUT2D eigenvalue weighted by Crippen LogP contribution is -2.19. The van der Waals surface area contributed by atoms with Crippen molar-refractivity contribution in [3.63, 3.8) is 0 Å². The highest BCUT2D eigenvalue weighted by Crippen LogP contribution is 2.34. The molecule has 2 aromatic rings. The maximum atomic E-state index is 12.3. The zero-order chi connectivity index (χ0) is 17.6. The SMILES string of the molecule is CC(C)Cc1nc2cc(C(C)(C)C)cc(C(C)(C)C)c2oc1=O. The molecule has 3 heteroatoms. The Morgan fingerprint density at radius 3 is 2.13 bits per heavy atom. The van der Waals surface area contributed by atoms with Gasteiger partial charge in [-0.2, -0.15) is 0 Å². The summed E-state index contributed by atoms with van der Waals surface area (Å²) < 4.78 is 5.70. The fourth-order valence-electron chi connectivity index (χ4n) is 2.65. The minimum atomic E-state index is -0.305. The predicted octanol–water partition coefficient (Wildman–Crippen LogP) is 4.98. The normalized spacial score (nSPS) is 13.1. The third-order valence-corrected chi connectivity index (χ3v) is 4.03. The van der Waals surface area contributed by atoms with Crippen LogP contribution in [0.3, 0.4) is 0 Å². The molecule has 0 saturated heterocycles. The van der Waals surface area contributed by atoms with Crippen LogP contribution >= 0.6 is 0 Å². The van der Waals surface area contributed by atoms with Crippen LogP contribution in [0.1, 0.15) is 72.2 Å². The van der Waals surface area contributed by atoms with Crippen molar-refractivity contribution in [1.29, 1.82) is 0 Å². The number of aromatic nitrogens is 1. The highest BCUT2D eigenvalue weighted by atomic mass is 16.4. The van der Waals surface area contributed by atoms with E-state index in [1.165, 1.54) is 5.56 Å². The predicted molar refractivity (Wildman–Crippen MR) is 96.2 cm³/mol. The highest BCUT2D eigenvalue weighted by Gasteiger charge is 2.25. The van der Waals surface area contributed by atoms with E-state index in [1.54, 1.807) is 0 Å². The van der Waals surface area contributed by atoms with Crippen molar-refractivity contribution in [1.82, 2.24) is 4.98 Å². The van der Waals surface area contributed by atoms with E-state index in [2.05, 4.69) is 72.5 Å². The molecular weight excluding hydrogens is 286 g/mol. The average molecular weight is 315 g/mol. The van der Waals surface area contributed by atoms with E-state index in [0.717, 1.165) is 11.1 Å². The molecule has 1 aromatic carbocycles. The number of nitrogens with zero attached hydrogens (tertiary/aromatic N) is 1. The zero-order valence-corrected chi connectivity index (χ0v) is 15.7. The lowest BCUT2D eigenvalue weighted by molar-refractivity contribution is 0.502. The first-order valence-electron chi connectivity index (χ1n) is 8.38. The quantitative estimate of drug-likeness (QED) is 0.785. The summed E-state index contributed by atoms with van der Waals surface area (Å²) in [5, 5.41) is 0. The minimum absolute atomic E-state index is 0.0181. The van der Waals surface area contributed by atoms with Crippen LogP contribution in [0.5, 0.6) is 0 Å². The largest absolute Gasteiger partial charge is 0.419 e. The lowest BCUT2D eigenvalue weighted by Gasteiger charge is -2.25. The molecule has 0 aliphatic heterocycles. The Kier molecular flexibility index (Phi) is 4.44. The number of benzene rings is 1. The molecule has 3 nitrogen and oxygen atoms in total. The summed E-state index contributed by atoms with van der Waals surface area (Å²) in [7, 11) is 0. The van der Waals surface area contributed by atoms with Crippen LogP contribution in [0.15, 0.2) is 21.3 Å². The van der Waals surface area contributed by atoms with E-state index >= 15 is 0 Å². The Hall–Kier alpha value is -1.64. The first kappa shape index (κ1) is 17.7. The fourth-order valence-corrected chi connectivity index (χ4v) is 2.65. The van der Waals surface area contributed by atoms with Gasteiger partial charge in [0.15, 0.2) is 5.58 Å². The van der Waals surface area contributed by atoms with Crippen molar-refractivity contribution in [3.8, 4) is 0 Å². The number of hydrogen-bond donors (Lipinski definition) is 0. The highest BCUT2D eigenvalue weighted by molar-refractivity contribution is 5.78. The number of fused-ring (bicyclic) bond motifs is 1. The van der Waals surface area contributed by atoms with Gasteiger partial charge in [-0.25, -0.2) is 9.78 Å². The molecule has 0 radical (unpaired) electrons. The van der Waals surface area contributed by atoms with Gasteiger partial charge in [0.25, 0.3) is 0 Å². The standard InChI is InChI=1S/C20H29NO2/c1-12(2)9-16-18(22)23-17-14(20(6,7)8)10-13(19(3,4)5)11-15(17)21-16/h10-12H,9H2,1-8H3. The molecule has 0 aliphatic carbocycles. The summed E-state index contributed by atoms with van der Waals surface area (Å²) in [6, 6.07) is 4.23. The summed E-state index contributed by atoms with van der Waals surface area (Å²) in [6.07, 6.45) is 0.642. The third-order valence-electron chi connectivity index (χ3n) is 4.03. The van der Waals surface area contributed by atoms with Gasteiger partial charge < -0.3 is 4.42 Å². The van der Waals surface area contributed by atoms with Crippen molar-refractivity contribution >= 4 is 11.1 Å². The molecule has 0 amide bonds. The van der Waals surface area contributed by atoms with E-state index in [1.807, 2.05) is 0 Å². The molecule has 0 unspecified atom stereocenters. The van der Waals surface area contributed by atoms with Crippen LogP contribution in [0.2, 0.25) is 0 Å². The van der Waals surface area contributed by atoms with E-state index in [9.17, 15) is 4.79 Å². The van der Waals surface area contributed by atoms with Gasteiger partial charge in [0.2, 0.25) is 0 Å². The van der Waals surface area contributed by atoms with Gasteiger partial charge in [0, 0.05) is 5.56 Å². The Balaban J connectivity index is 2.83. The summed E-state index contributed by atoms with van der Waals surface area (Å²) in [5.74, 6) is 0.371. The Morgan fingerprint density at radius 2 is 1.65 bits per heavy atom. The molecule has 0 atom stereocenters. The van der Waals surface area contributed by atoms with Gasteiger partial charge >= 0.3 is 5.63 Å². The van der Waals surface area contributed by atoms with Crippen molar-refractivity contribution in [3.05, 3.63) is 39.4 Å². The second-order valence-electron chi connectivity index (χ2n) is 8.92. The third kappa shape index (κ3) is 3.82. The molecule has 0 saturated carbocycles. The molecule has 0 bridgehead atoms. The van der Waals surface area contributed by atoms with Gasteiger partial charge in [-0.3, -0.25) is 0 Å². The van der Waals surface area contributed by atoms with Crippen LogP contribution in [-0.4, -0.2) is 4.98 Å². The van der Waals surface area contributed by atoms with Gasteiger partial charge in [-0.1, -0.05) is 61.5 Å². The van der Waals surface area contributed by atoms with Gasteiger partial charge in [0.1, 0.15) is 11.2 Å². The molecule has 23 heavy (non-hydrogen) atoms. The maximum absolute atomic E-state index is 12.3. The number of hydrogen-bond acceptors (Lipinski definition) is 3. The van der Waals surface area contributed by atoms with Crippen LogP contribution in [0.25, 0.3) is 11.1 Å². The smallest absolute Gasteiger partial charge is 0.358 e. The van der Waals surface area contributed by atoms with Crippen molar-refractivity contribution in [2.45, 2.75) is 72.6 Å². The molecule has 126 valence electrons. The van der Waals surface area contributed by atoms with E-state index in [0.29, 0.717) is 23.6 Å². The zero-order valence-electron chi connectivity index (χ0n) is 15.7. The van der Waals surface area contributed by atoms with Crippen molar-refractivity contribution in [2.75, 3.05) is 0 Å². The fraction of sp³-hybridized carbons (Fsp3) is 0.600. The maximum Gasteiger partial charge on any atom is 0.358 e. The second kappa shape index (κ2) is 5.77. The summed E-state index contributed by atoms with van der Waals surface area (Å²) in [6.45, 7) is 17.1. The topological polar surface area (TPSA) is 43.1 Å². The van der Waals surface area contributed by atoms with Crippen LogP contribution in [0, 0.1) is 5.92 Å². The van der Waals surface area contributed by atoms with E-state index < -0.39 is 0 Å². The van der Waals surface area contributed by atoms with Gasteiger partial charge in [0.05, 0.1) is 0 Å². The Bertz CT molecular complexity index is 771. The summed E-state index contributed by atoms with van der Waals surface area (Å²) in [5.41, 5.74) is 3.80. The number of rotatable bonds is 2. The Labute approximate surface area is 139 Å². The average Bonchev–Trinajstić information content (AvgIpc) is 2.35. The molecule has 0 aliphatic rings. The lowest BCUT2D eigenvalue weighted by atomic mass is 9.80. The van der Waals surface area contributed by atoms with Crippen LogP contribution in [-0.2, 0) is 17.3 Å². The van der Waals surface area contributed by atoms with Gasteiger partial charge in [-0.15, -0.1) is 0 Å². The van der Waals surface area contributed by atoms with Crippen LogP contribution in [0.4, 0.5) is 0 Å². The molecular formula is C20H29NO2. The minimum Gasteiger partial charge on any atom is -0.419 e. The summed E-state index contributed by atoms with van der Waals surface area (Å²) in [4.78, 5) is 17.0. The van der Waals surface area contributed by atoms with E-state index in [-0.39, 0.29) is 16.5 Å². The summed E-state index contributed by atoms with van der Waals surface area (Å²) >= 11 is 0.